The summed E-state index contributed by atoms with van der Waals surface area (Å²) in [6.45, 7) is 2.12. The van der Waals surface area contributed by atoms with E-state index >= 15 is 0 Å². The van der Waals surface area contributed by atoms with E-state index in [1.165, 1.54) is 16.7 Å². The van der Waals surface area contributed by atoms with Gasteiger partial charge in [-0.05, 0) is 73.1 Å². The molecule has 0 N–H and O–H groups in total. The van der Waals surface area contributed by atoms with Crippen LogP contribution in [0, 0.1) is 0 Å². The highest BCUT2D eigenvalue weighted by Crippen LogP contribution is 2.32. The number of carbonyl (C=O) groups is 1. The number of ketones is 1. The molecule has 2 aliphatic rings. The summed E-state index contributed by atoms with van der Waals surface area (Å²) in [6, 6.07) is 20.8. The maximum atomic E-state index is 12.5. The lowest BCUT2D eigenvalue weighted by atomic mass is 9.85. The predicted octanol–water partition coefficient (Wildman–Crippen LogP) is 4.72. The van der Waals surface area contributed by atoms with Crippen molar-refractivity contribution in [2.75, 3.05) is 19.8 Å². The molecular formula is C29H31N3O2. The van der Waals surface area contributed by atoms with Crippen molar-refractivity contribution in [3.63, 3.8) is 0 Å². The number of Topliss-reactive ketones (excluding diaryl/α,β-unsaturated/α-hetero) is 1. The van der Waals surface area contributed by atoms with Gasteiger partial charge in [-0.2, -0.15) is 0 Å². The van der Waals surface area contributed by atoms with E-state index in [-0.39, 0.29) is 5.78 Å². The van der Waals surface area contributed by atoms with Crippen LogP contribution in [0.4, 0.5) is 0 Å². The van der Waals surface area contributed by atoms with Crippen molar-refractivity contribution in [3.05, 3.63) is 94.8 Å². The van der Waals surface area contributed by atoms with Gasteiger partial charge in [-0.25, -0.2) is 0 Å². The van der Waals surface area contributed by atoms with Crippen LogP contribution in [0.15, 0.2) is 71.9 Å². The van der Waals surface area contributed by atoms with E-state index in [0.717, 1.165) is 55.7 Å². The Morgan fingerprint density at radius 2 is 1.85 bits per heavy atom. The van der Waals surface area contributed by atoms with Crippen LogP contribution in [0.1, 0.15) is 45.6 Å². The molecule has 0 saturated heterocycles. The molecule has 174 valence electrons. The Kier molecular flexibility index (Phi) is 7.10. The lowest BCUT2D eigenvalue weighted by molar-refractivity contribution is 0.0972. The van der Waals surface area contributed by atoms with Gasteiger partial charge in [0.25, 0.3) is 0 Å². The van der Waals surface area contributed by atoms with Crippen molar-refractivity contribution in [2.24, 2.45) is 4.99 Å². The number of fused-ring (bicyclic) bond motifs is 1. The van der Waals surface area contributed by atoms with E-state index in [1.54, 1.807) is 0 Å². The number of aromatic nitrogens is 1. The van der Waals surface area contributed by atoms with Crippen LogP contribution in [0.25, 0.3) is 0 Å². The molecule has 2 aromatic carbocycles. The maximum Gasteiger partial charge on any atom is 0.163 e. The second-order valence-corrected chi connectivity index (χ2v) is 9.06. The third-order valence-electron chi connectivity index (χ3n) is 6.81. The van der Waals surface area contributed by atoms with Gasteiger partial charge >= 0.3 is 0 Å². The number of hydrogen-bond donors (Lipinski definition) is 0. The monoisotopic (exact) mass is 453 g/mol. The number of hydrogen-bond acceptors (Lipinski definition) is 5. The van der Waals surface area contributed by atoms with Crippen LogP contribution in [0.3, 0.4) is 0 Å². The molecule has 1 aliphatic carbocycles. The lowest BCUT2D eigenvalue weighted by Gasteiger charge is -2.25. The highest BCUT2D eigenvalue weighted by molar-refractivity contribution is 5.99. The summed E-state index contributed by atoms with van der Waals surface area (Å²) in [6.07, 6.45) is 9.02. The fourth-order valence-electron chi connectivity index (χ4n) is 5.01. The summed E-state index contributed by atoms with van der Waals surface area (Å²) in [5.41, 5.74) is 5.62. The van der Waals surface area contributed by atoms with Crippen LogP contribution >= 0.6 is 0 Å². The standard InChI is InChI=1S/C29H31N3O2/c33-28-11-6-10-25-26(28)14-15-29(27(25)13-12-23-9-4-5-16-31-23)34-18-17-32-21-30-20-24(32)19-22-7-2-1-3-8-22/h1-5,7-9,14-16,20,24H,6,10-13,17-19,21H2. The number of ether oxygens (including phenoxy) is 1. The molecular weight excluding hydrogens is 422 g/mol. The number of benzene rings is 2. The second kappa shape index (κ2) is 10.7. The average Bonchev–Trinajstić information content (AvgIpc) is 3.31. The zero-order valence-corrected chi connectivity index (χ0v) is 19.5. The minimum absolute atomic E-state index is 0.254. The highest BCUT2D eigenvalue weighted by atomic mass is 16.5. The zero-order valence-electron chi connectivity index (χ0n) is 19.5. The van der Waals surface area contributed by atoms with Crippen molar-refractivity contribution in [2.45, 2.75) is 44.6 Å². The SMILES string of the molecule is O=C1CCCc2c1ccc(OCCN1CN=CC1Cc1ccccc1)c2CCc1ccccn1. The van der Waals surface area contributed by atoms with Crippen molar-refractivity contribution in [1.29, 1.82) is 0 Å². The van der Waals surface area contributed by atoms with E-state index < -0.39 is 0 Å². The number of rotatable bonds is 9. The topological polar surface area (TPSA) is 54.8 Å². The van der Waals surface area contributed by atoms with E-state index in [0.29, 0.717) is 25.7 Å². The van der Waals surface area contributed by atoms with Gasteiger partial charge in [-0.15, -0.1) is 0 Å². The fraction of sp³-hybridized carbons (Fsp3) is 0.345. The first-order chi connectivity index (χ1) is 16.8. The Balaban J connectivity index is 1.27. The molecule has 1 atom stereocenters. The molecule has 2 heterocycles. The first-order valence-electron chi connectivity index (χ1n) is 12.3. The smallest absolute Gasteiger partial charge is 0.163 e. The van der Waals surface area contributed by atoms with E-state index in [4.69, 9.17) is 4.74 Å². The Morgan fingerprint density at radius 1 is 0.971 bits per heavy atom. The van der Waals surface area contributed by atoms with Gasteiger partial charge in [0.2, 0.25) is 0 Å². The molecule has 0 saturated carbocycles. The molecule has 0 radical (unpaired) electrons. The van der Waals surface area contributed by atoms with E-state index in [9.17, 15) is 4.79 Å². The zero-order chi connectivity index (χ0) is 23.2. The van der Waals surface area contributed by atoms with Crippen LogP contribution in [0.2, 0.25) is 0 Å². The second-order valence-electron chi connectivity index (χ2n) is 9.06. The Labute approximate surface area is 201 Å². The average molecular weight is 454 g/mol. The van der Waals surface area contributed by atoms with Crippen LogP contribution in [0.5, 0.6) is 5.75 Å². The summed E-state index contributed by atoms with van der Waals surface area (Å²) in [5.74, 6) is 1.16. The van der Waals surface area contributed by atoms with Crippen LogP contribution in [-0.4, -0.2) is 47.7 Å². The molecule has 1 unspecified atom stereocenters. The van der Waals surface area contributed by atoms with Gasteiger partial charge in [0.15, 0.2) is 5.78 Å². The van der Waals surface area contributed by atoms with Crippen LogP contribution < -0.4 is 4.74 Å². The molecule has 34 heavy (non-hydrogen) atoms. The van der Waals surface area contributed by atoms with Gasteiger partial charge in [0, 0.05) is 36.6 Å². The number of aliphatic imine (C=N–C) groups is 1. The van der Waals surface area contributed by atoms with Crippen molar-refractivity contribution in [3.8, 4) is 5.75 Å². The third-order valence-corrected chi connectivity index (χ3v) is 6.81. The number of carbonyl (C=O) groups excluding carboxylic acids is 1. The molecule has 5 rings (SSSR count). The van der Waals surface area contributed by atoms with Crippen molar-refractivity contribution >= 4 is 12.0 Å². The lowest BCUT2D eigenvalue weighted by Crippen LogP contribution is -2.36. The highest BCUT2D eigenvalue weighted by Gasteiger charge is 2.24. The van der Waals surface area contributed by atoms with Crippen molar-refractivity contribution in [1.82, 2.24) is 9.88 Å². The summed E-state index contributed by atoms with van der Waals surface area (Å²) >= 11 is 0. The Bertz CT molecular complexity index is 1140. The molecule has 3 aromatic rings. The molecule has 1 aromatic heterocycles. The maximum absolute atomic E-state index is 12.5. The van der Waals surface area contributed by atoms with Gasteiger partial charge < -0.3 is 4.74 Å². The Hall–Kier alpha value is -3.31. The Morgan fingerprint density at radius 3 is 2.71 bits per heavy atom. The number of aryl methyl sites for hydroxylation is 1. The fourth-order valence-corrected chi connectivity index (χ4v) is 5.01. The van der Waals surface area contributed by atoms with Crippen molar-refractivity contribution < 1.29 is 9.53 Å². The minimum Gasteiger partial charge on any atom is -0.492 e. The molecule has 0 bridgehead atoms. The first-order valence-corrected chi connectivity index (χ1v) is 12.3. The molecule has 1 aliphatic heterocycles. The summed E-state index contributed by atoms with van der Waals surface area (Å²) in [5, 5.41) is 0. The predicted molar refractivity (Wildman–Crippen MR) is 135 cm³/mol. The molecule has 5 nitrogen and oxygen atoms in total. The largest absolute Gasteiger partial charge is 0.492 e. The normalized spacial score (nSPS) is 17.6. The first kappa shape index (κ1) is 22.5. The molecule has 0 fully saturated rings. The molecule has 5 heteroatoms. The summed E-state index contributed by atoms with van der Waals surface area (Å²) in [7, 11) is 0. The summed E-state index contributed by atoms with van der Waals surface area (Å²) in [4.78, 5) is 23.9. The minimum atomic E-state index is 0.254. The van der Waals surface area contributed by atoms with Gasteiger partial charge in [0.1, 0.15) is 12.4 Å². The van der Waals surface area contributed by atoms with Gasteiger partial charge in [-0.3, -0.25) is 19.7 Å². The third kappa shape index (κ3) is 5.26. The quantitative estimate of drug-likeness (QED) is 0.470. The number of nitrogens with zero attached hydrogens (tertiary/aromatic N) is 3. The molecule has 0 spiro atoms. The van der Waals surface area contributed by atoms with E-state index in [1.807, 2.05) is 30.5 Å². The number of pyridine rings is 1. The van der Waals surface area contributed by atoms with Gasteiger partial charge in [0.05, 0.1) is 12.7 Å². The summed E-state index contributed by atoms with van der Waals surface area (Å²) < 4.78 is 6.36. The van der Waals surface area contributed by atoms with Crippen LogP contribution in [-0.2, 0) is 25.7 Å². The molecule has 0 amide bonds. The van der Waals surface area contributed by atoms with Gasteiger partial charge in [-0.1, -0.05) is 36.4 Å². The van der Waals surface area contributed by atoms with E-state index in [2.05, 4.69) is 57.5 Å².